The summed E-state index contributed by atoms with van der Waals surface area (Å²) >= 11 is 0. The Hall–Kier alpha value is -1.65. The number of fused-ring (bicyclic) bond motifs is 1. The summed E-state index contributed by atoms with van der Waals surface area (Å²) in [5.41, 5.74) is 1.56. The van der Waals surface area contributed by atoms with Crippen molar-refractivity contribution in [1.29, 1.82) is 0 Å². The van der Waals surface area contributed by atoms with E-state index in [1.165, 1.54) is 6.33 Å². The highest BCUT2D eigenvalue weighted by Crippen LogP contribution is 2.18. The molecule has 0 amide bonds. The van der Waals surface area contributed by atoms with Gasteiger partial charge in [-0.15, -0.1) is 0 Å². The lowest BCUT2D eigenvalue weighted by atomic mass is 10.4. The maximum absolute atomic E-state index is 5.09. The topological polar surface area (TPSA) is 52.8 Å². The molecule has 0 bridgehead atoms. The van der Waals surface area contributed by atoms with Crippen LogP contribution in [0.15, 0.2) is 12.7 Å². The molecule has 74 valence electrons. The Kier molecular flexibility index (Phi) is 2.30. The summed E-state index contributed by atoms with van der Waals surface area (Å²) in [7, 11) is 1.58. The molecule has 0 aliphatic rings. The molecule has 0 spiro atoms. The van der Waals surface area contributed by atoms with Gasteiger partial charge >= 0.3 is 0 Å². The van der Waals surface area contributed by atoms with E-state index in [0.29, 0.717) is 5.88 Å². The van der Waals surface area contributed by atoms with Gasteiger partial charge in [0.1, 0.15) is 6.33 Å². The average Bonchev–Trinajstić information content (AvgIpc) is 2.62. The van der Waals surface area contributed by atoms with E-state index in [9.17, 15) is 0 Å². The quantitative estimate of drug-likeness (QED) is 0.734. The second-order valence-electron chi connectivity index (χ2n) is 2.99. The lowest BCUT2D eigenvalue weighted by Gasteiger charge is -2.01. The Labute approximate surface area is 81.8 Å². The van der Waals surface area contributed by atoms with Gasteiger partial charge in [-0.25, -0.2) is 9.97 Å². The van der Waals surface area contributed by atoms with Crippen molar-refractivity contribution >= 4 is 11.2 Å². The van der Waals surface area contributed by atoms with Gasteiger partial charge in [0.15, 0.2) is 11.2 Å². The third kappa shape index (κ3) is 1.30. The van der Waals surface area contributed by atoms with Crippen molar-refractivity contribution in [2.45, 2.75) is 19.9 Å². The molecular weight excluding hydrogens is 180 g/mol. The van der Waals surface area contributed by atoms with Crippen LogP contribution in [0.25, 0.3) is 11.2 Å². The highest BCUT2D eigenvalue weighted by Gasteiger charge is 2.08. The van der Waals surface area contributed by atoms with Crippen LogP contribution in [0.1, 0.15) is 13.3 Å². The fraction of sp³-hybridized carbons (Fsp3) is 0.444. The number of hydrogen-bond acceptors (Lipinski definition) is 4. The van der Waals surface area contributed by atoms with Gasteiger partial charge in [-0.05, 0) is 6.42 Å². The van der Waals surface area contributed by atoms with E-state index in [2.05, 4.69) is 21.9 Å². The van der Waals surface area contributed by atoms with E-state index in [-0.39, 0.29) is 0 Å². The number of rotatable bonds is 3. The summed E-state index contributed by atoms with van der Waals surface area (Å²) in [5, 5.41) is 0. The molecule has 0 N–H and O–H groups in total. The molecule has 5 heteroatoms. The summed E-state index contributed by atoms with van der Waals surface area (Å²) < 4.78 is 7.09. The normalized spacial score (nSPS) is 10.7. The van der Waals surface area contributed by atoms with E-state index in [4.69, 9.17) is 4.74 Å². The molecule has 2 aromatic heterocycles. The summed E-state index contributed by atoms with van der Waals surface area (Å²) in [6.45, 7) is 3.03. The first-order valence-electron chi connectivity index (χ1n) is 4.56. The summed E-state index contributed by atoms with van der Waals surface area (Å²) in [5.74, 6) is 0.532. The van der Waals surface area contributed by atoms with Crippen molar-refractivity contribution in [3.05, 3.63) is 12.7 Å². The van der Waals surface area contributed by atoms with E-state index >= 15 is 0 Å². The SMILES string of the molecule is CCCn1cnc2c(OC)ncnc21. The van der Waals surface area contributed by atoms with Crippen LogP contribution in [-0.2, 0) is 6.54 Å². The van der Waals surface area contributed by atoms with Crippen molar-refractivity contribution in [2.24, 2.45) is 0 Å². The monoisotopic (exact) mass is 192 g/mol. The summed E-state index contributed by atoms with van der Waals surface area (Å²) in [6.07, 6.45) is 4.32. The Morgan fingerprint density at radius 2 is 2.21 bits per heavy atom. The van der Waals surface area contributed by atoms with Gasteiger partial charge in [-0.2, -0.15) is 4.98 Å². The van der Waals surface area contributed by atoms with Crippen molar-refractivity contribution in [1.82, 2.24) is 19.5 Å². The van der Waals surface area contributed by atoms with Gasteiger partial charge in [0.2, 0.25) is 5.88 Å². The van der Waals surface area contributed by atoms with E-state index in [1.54, 1.807) is 13.4 Å². The molecule has 0 saturated heterocycles. The molecule has 0 saturated carbocycles. The highest BCUT2D eigenvalue weighted by atomic mass is 16.5. The maximum Gasteiger partial charge on any atom is 0.245 e. The molecule has 0 radical (unpaired) electrons. The van der Waals surface area contributed by atoms with Crippen LogP contribution < -0.4 is 4.74 Å². The number of imidazole rings is 1. The van der Waals surface area contributed by atoms with Gasteiger partial charge in [0.05, 0.1) is 13.4 Å². The molecule has 2 rings (SSSR count). The van der Waals surface area contributed by atoms with Gasteiger partial charge in [-0.1, -0.05) is 6.92 Å². The number of ether oxygens (including phenoxy) is 1. The van der Waals surface area contributed by atoms with Gasteiger partial charge in [0.25, 0.3) is 0 Å². The fourth-order valence-corrected chi connectivity index (χ4v) is 1.41. The third-order valence-corrected chi connectivity index (χ3v) is 2.03. The average molecular weight is 192 g/mol. The molecule has 0 atom stereocenters. The van der Waals surface area contributed by atoms with E-state index in [0.717, 1.165) is 24.1 Å². The number of hydrogen-bond donors (Lipinski definition) is 0. The molecule has 0 fully saturated rings. The molecule has 2 aromatic rings. The predicted molar refractivity (Wildman–Crippen MR) is 52.2 cm³/mol. The lowest BCUT2D eigenvalue weighted by molar-refractivity contribution is 0.401. The second-order valence-corrected chi connectivity index (χ2v) is 2.99. The van der Waals surface area contributed by atoms with Crippen LogP contribution in [0.5, 0.6) is 5.88 Å². The van der Waals surface area contributed by atoms with E-state index in [1.807, 2.05) is 4.57 Å². The Morgan fingerprint density at radius 1 is 1.36 bits per heavy atom. The van der Waals surface area contributed by atoms with Gasteiger partial charge in [-0.3, -0.25) is 0 Å². The molecule has 0 aliphatic carbocycles. The minimum absolute atomic E-state index is 0.532. The largest absolute Gasteiger partial charge is 0.479 e. The number of aryl methyl sites for hydroxylation is 1. The first-order valence-corrected chi connectivity index (χ1v) is 4.56. The van der Waals surface area contributed by atoms with Gasteiger partial charge in [0, 0.05) is 6.54 Å². The van der Waals surface area contributed by atoms with Gasteiger partial charge < -0.3 is 9.30 Å². The minimum atomic E-state index is 0.532. The zero-order valence-electron chi connectivity index (χ0n) is 8.27. The highest BCUT2D eigenvalue weighted by molar-refractivity contribution is 5.75. The molecule has 2 heterocycles. The Bertz CT molecular complexity index is 437. The third-order valence-electron chi connectivity index (χ3n) is 2.03. The molecule has 14 heavy (non-hydrogen) atoms. The second kappa shape index (κ2) is 3.61. The first kappa shape index (κ1) is 8.93. The smallest absolute Gasteiger partial charge is 0.245 e. The first-order chi connectivity index (χ1) is 6.86. The van der Waals surface area contributed by atoms with Crippen molar-refractivity contribution in [3.8, 4) is 5.88 Å². The van der Waals surface area contributed by atoms with Crippen molar-refractivity contribution in [3.63, 3.8) is 0 Å². The Balaban J connectivity index is 2.57. The van der Waals surface area contributed by atoms with Crippen LogP contribution in [0, 0.1) is 0 Å². The van der Waals surface area contributed by atoms with Crippen molar-refractivity contribution < 1.29 is 4.74 Å². The number of nitrogens with zero attached hydrogens (tertiary/aromatic N) is 4. The molecule has 0 unspecified atom stereocenters. The molecule has 5 nitrogen and oxygen atoms in total. The predicted octanol–water partition coefficient (Wildman–Crippen LogP) is 1.24. The zero-order valence-corrected chi connectivity index (χ0v) is 8.27. The van der Waals surface area contributed by atoms with Crippen LogP contribution in [0.4, 0.5) is 0 Å². The van der Waals surface area contributed by atoms with Crippen LogP contribution in [0.3, 0.4) is 0 Å². The molecule has 0 aromatic carbocycles. The minimum Gasteiger partial charge on any atom is -0.479 e. The lowest BCUT2D eigenvalue weighted by Crippen LogP contribution is -1.97. The summed E-state index contributed by atoms with van der Waals surface area (Å²) in [4.78, 5) is 12.4. The molecule has 0 aliphatic heterocycles. The van der Waals surface area contributed by atoms with Crippen LogP contribution >= 0.6 is 0 Å². The maximum atomic E-state index is 5.09. The number of aromatic nitrogens is 4. The summed E-state index contributed by atoms with van der Waals surface area (Å²) in [6, 6.07) is 0. The van der Waals surface area contributed by atoms with E-state index < -0.39 is 0 Å². The fourth-order valence-electron chi connectivity index (χ4n) is 1.41. The zero-order chi connectivity index (χ0) is 9.97. The standard InChI is InChI=1S/C9H12N4O/c1-3-4-13-6-12-7-8(13)10-5-11-9(7)14-2/h5-6H,3-4H2,1-2H3. The van der Waals surface area contributed by atoms with Crippen LogP contribution in [0.2, 0.25) is 0 Å². The molecular formula is C9H12N4O. The van der Waals surface area contributed by atoms with Crippen LogP contribution in [-0.4, -0.2) is 26.6 Å². The van der Waals surface area contributed by atoms with Crippen molar-refractivity contribution in [2.75, 3.05) is 7.11 Å². The Morgan fingerprint density at radius 3 is 2.93 bits per heavy atom. The number of methoxy groups -OCH3 is 1.